The zero-order valence-electron chi connectivity index (χ0n) is 19.5. The summed E-state index contributed by atoms with van der Waals surface area (Å²) in [5, 5.41) is 4.40. The standard InChI is InChI=1S/C18H19NOS/c1-19-12-11-17(18-10-5-13-21-18)20-16-9-4-7-14-6-2-3-8-15(14)16/h2-10,13,17,19H,11-12H2,1H3/t17-/m0/s1/i2D,3D,4D,6D,7D,8D,9D,17D. The smallest absolute Gasteiger partial charge is 0.134 e. The van der Waals surface area contributed by atoms with Gasteiger partial charge in [-0.3, -0.25) is 0 Å². The van der Waals surface area contributed by atoms with Crippen LogP contribution in [-0.2, 0) is 0 Å². The SMILES string of the molecule is [2H]c1c([2H])c([2H])c2c(O[C@@]([2H])(CCNC)c3cccs3)c([2H])c([2H])c([2H])c2c1[2H]. The Balaban J connectivity index is 2.34. The molecule has 0 amide bonds. The number of nitrogens with one attached hydrogen (secondary N) is 1. The summed E-state index contributed by atoms with van der Waals surface area (Å²) in [5.74, 6) is -0.285. The van der Waals surface area contributed by atoms with Gasteiger partial charge >= 0.3 is 0 Å². The molecule has 3 aromatic rings. The van der Waals surface area contributed by atoms with Crippen molar-refractivity contribution in [2.45, 2.75) is 12.5 Å². The minimum atomic E-state index is -1.63. The van der Waals surface area contributed by atoms with E-state index in [-0.39, 0.29) is 22.9 Å². The van der Waals surface area contributed by atoms with E-state index in [0.29, 0.717) is 11.4 Å². The first kappa shape index (κ1) is 7.43. The van der Waals surface area contributed by atoms with E-state index >= 15 is 0 Å². The van der Waals surface area contributed by atoms with Crippen molar-refractivity contribution >= 4 is 22.1 Å². The molecule has 1 heterocycles. The molecule has 0 unspecified atom stereocenters. The van der Waals surface area contributed by atoms with Crippen molar-refractivity contribution in [2.24, 2.45) is 0 Å². The third-order valence-electron chi connectivity index (χ3n) is 2.90. The Morgan fingerprint density at radius 1 is 1.29 bits per heavy atom. The first-order valence-electron chi connectivity index (χ1n) is 10.5. The van der Waals surface area contributed by atoms with Gasteiger partial charge in [-0.15, -0.1) is 11.3 Å². The number of benzene rings is 2. The lowest BCUT2D eigenvalue weighted by Crippen LogP contribution is -2.15. The molecule has 0 aliphatic rings. The van der Waals surface area contributed by atoms with E-state index in [1.807, 2.05) is 0 Å². The lowest BCUT2D eigenvalue weighted by atomic mass is 10.1. The molecule has 0 saturated carbocycles. The van der Waals surface area contributed by atoms with Gasteiger partial charge in [0, 0.05) is 16.7 Å². The number of thiophene rings is 1. The minimum absolute atomic E-state index is 0.153. The number of hydrogen-bond acceptors (Lipinski definition) is 3. The molecule has 108 valence electrons. The zero-order valence-corrected chi connectivity index (χ0v) is 12.3. The van der Waals surface area contributed by atoms with E-state index < -0.39 is 48.4 Å². The Morgan fingerprint density at radius 3 is 2.95 bits per heavy atom. The van der Waals surface area contributed by atoms with E-state index in [9.17, 15) is 0 Å². The van der Waals surface area contributed by atoms with E-state index in [1.165, 1.54) is 11.3 Å². The van der Waals surface area contributed by atoms with Gasteiger partial charge in [-0.2, -0.15) is 0 Å². The van der Waals surface area contributed by atoms with Crippen LogP contribution in [0.5, 0.6) is 5.75 Å². The average molecular weight is 305 g/mol. The van der Waals surface area contributed by atoms with E-state index in [4.69, 9.17) is 15.7 Å². The molecular weight excluding hydrogens is 278 g/mol. The van der Waals surface area contributed by atoms with Crippen molar-refractivity contribution in [1.82, 2.24) is 5.32 Å². The van der Waals surface area contributed by atoms with Gasteiger partial charge < -0.3 is 10.1 Å². The molecule has 1 aromatic heterocycles. The molecule has 0 spiro atoms. The molecule has 0 radical (unpaired) electrons. The summed E-state index contributed by atoms with van der Waals surface area (Å²) >= 11 is 1.29. The quantitative estimate of drug-likeness (QED) is 0.717. The molecule has 0 saturated heterocycles. The van der Waals surface area contributed by atoms with Crippen LogP contribution in [0.1, 0.15) is 28.3 Å². The summed E-state index contributed by atoms with van der Waals surface area (Å²) in [4.78, 5) is 0.558. The van der Waals surface area contributed by atoms with Crippen LogP contribution in [0.4, 0.5) is 0 Å². The predicted octanol–water partition coefficient (Wildman–Crippen LogP) is 4.63. The van der Waals surface area contributed by atoms with Crippen LogP contribution < -0.4 is 10.1 Å². The highest BCUT2D eigenvalue weighted by Gasteiger charge is 2.15. The van der Waals surface area contributed by atoms with Gasteiger partial charge in [-0.1, -0.05) is 42.3 Å². The summed E-state index contributed by atoms with van der Waals surface area (Å²) in [6, 6.07) is 0.0494. The van der Waals surface area contributed by atoms with Gasteiger partial charge in [0.1, 0.15) is 11.8 Å². The fourth-order valence-electron chi connectivity index (χ4n) is 1.89. The summed E-state index contributed by atoms with van der Waals surface area (Å²) in [6.07, 6.45) is -1.43. The van der Waals surface area contributed by atoms with Gasteiger partial charge in [0.05, 0.1) is 11.0 Å². The van der Waals surface area contributed by atoms with Crippen molar-refractivity contribution in [2.75, 3.05) is 13.6 Å². The first-order chi connectivity index (χ1) is 13.6. The Kier molecular flexibility index (Phi) is 2.39. The van der Waals surface area contributed by atoms with Crippen LogP contribution in [0.3, 0.4) is 0 Å². The summed E-state index contributed by atoms with van der Waals surface area (Å²) in [5.41, 5.74) is 0. The largest absolute Gasteiger partial charge is 0.484 e. The van der Waals surface area contributed by atoms with Crippen molar-refractivity contribution in [3.8, 4) is 5.75 Å². The van der Waals surface area contributed by atoms with E-state index in [1.54, 1.807) is 24.6 Å². The van der Waals surface area contributed by atoms with Gasteiger partial charge in [0.25, 0.3) is 0 Å². The summed E-state index contributed by atoms with van der Waals surface area (Å²) < 4.78 is 71.7. The maximum Gasteiger partial charge on any atom is 0.134 e. The van der Waals surface area contributed by atoms with Crippen LogP contribution in [0, 0.1) is 0 Å². The molecule has 2 nitrogen and oxygen atoms in total. The van der Waals surface area contributed by atoms with Crippen LogP contribution in [0.25, 0.3) is 10.8 Å². The molecule has 21 heavy (non-hydrogen) atoms. The van der Waals surface area contributed by atoms with Crippen molar-refractivity contribution in [3.05, 3.63) is 64.7 Å². The Morgan fingerprint density at radius 2 is 2.14 bits per heavy atom. The number of rotatable bonds is 6. The Bertz CT molecular complexity index is 1060. The van der Waals surface area contributed by atoms with Gasteiger partial charge in [-0.05, 0) is 36.5 Å². The van der Waals surface area contributed by atoms with Crippen LogP contribution in [0.15, 0.2) is 59.8 Å². The number of ether oxygens (including phenoxy) is 1. The van der Waals surface area contributed by atoms with Crippen molar-refractivity contribution < 1.29 is 15.7 Å². The first-order valence-corrected chi connectivity index (χ1v) is 7.39. The molecule has 0 aliphatic carbocycles. The Labute approximate surface area is 140 Å². The highest BCUT2D eigenvalue weighted by atomic mass is 32.1. The second-order valence-corrected chi connectivity index (χ2v) is 5.26. The van der Waals surface area contributed by atoms with Gasteiger partial charge in [0.15, 0.2) is 0 Å². The van der Waals surface area contributed by atoms with Crippen molar-refractivity contribution in [3.63, 3.8) is 0 Å². The van der Waals surface area contributed by atoms with Crippen LogP contribution >= 0.6 is 11.3 Å². The molecule has 3 heteroatoms. The number of hydrogen-bond donors (Lipinski definition) is 1. The second kappa shape index (κ2) is 6.74. The average Bonchev–Trinajstić information content (AvgIpc) is 3.25. The molecule has 1 atom stereocenters. The summed E-state index contributed by atoms with van der Waals surface area (Å²) in [6.45, 7) is 0.426. The zero-order chi connectivity index (χ0) is 21.5. The predicted molar refractivity (Wildman–Crippen MR) is 90.2 cm³/mol. The highest BCUT2D eigenvalue weighted by Crippen LogP contribution is 2.32. The van der Waals surface area contributed by atoms with E-state index in [2.05, 4.69) is 5.32 Å². The second-order valence-electron chi connectivity index (χ2n) is 4.31. The molecule has 0 aliphatic heterocycles. The van der Waals surface area contributed by atoms with Crippen LogP contribution in [0.2, 0.25) is 0 Å². The number of fused-ring (bicyclic) bond motifs is 1. The fourth-order valence-corrected chi connectivity index (χ4v) is 2.63. The topological polar surface area (TPSA) is 21.3 Å². The molecular formula is C18H19NOS. The van der Waals surface area contributed by atoms with Crippen molar-refractivity contribution in [1.29, 1.82) is 0 Å². The molecule has 1 N–H and O–H groups in total. The minimum Gasteiger partial charge on any atom is -0.484 e. The molecule has 0 bridgehead atoms. The fraction of sp³-hybridized carbons (Fsp3) is 0.222. The maximum absolute atomic E-state index is 8.90. The molecule has 2 aromatic carbocycles. The maximum atomic E-state index is 8.90. The molecule has 0 fully saturated rings. The molecule has 3 rings (SSSR count). The normalized spacial score (nSPS) is 19.3. The third-order valence-corrected chi connectivity index (χ3v) is 3.81. The monoisotopic (exact) mass is 305 g/mol. The van der Waals surface area contributed by atoms with Gasteiger partial charge in [0.2, 0.25) is 0 Å². The van der Waals surface area contributed by atoms with Gasteiger partial charge in [-0.25, -0.2) is 0 Å². The summed E-state index contributed by atoms with van der Waals surface area (Å²) in [7, 11) is 1.73. The lowest BCUT2D eigenvalue weighted by molar-refractivity contribution is 0.201. The van der Waals surface area contributed by atoms with E-state index in [0.717, 1.165) is 0 Å². The Hall–Kier alpha value is -1.84. The lowest BCUT2D eigenvalue weighted by Gasteiger charge is -2.19. The van der Waals surface area contributed by atoms with Crippen LogP contribution in [-0.4, -0.2) is 13.6 Å². The third kappa shape index (κ3) is 3.26. The highest BCUT2D eigenvalue weighted by molar-refractivity contribution is 7.10.